The third kappa shape index (κ3) is 2.78. The highest BCUT2D eigenvalue weighted by Crippen LogP contribution is 2.19. The number of fused-ring (bicyclic) bond motifs is 1. The molecule has 0 aliphatic rings. The van der Waals surface area contributed by atoms with Crippen LogP contribution in [0, 0.1) is 0 Å². The zero-order valence-electron chi connectivity index (χ0n) is 11.5. The van der Waals surface area contributed by atoms with Gasteiger partial charge in [0.25, 0.3) is 0 Å². The lowest BCUT2D eigenvalue weighted by Crippen LogP contribution is -2.37. The number of carbonyl (C=O) groups excluding carboxylic acids is 1. The second kappa shape index (κ2) is 5.17. The van der Waals surface area contributed by atoms with E-state index < -0.39 is 0 Å². The molecule has 19 heavy (non-hydrogen) atoms. The number of hydrogen-bond donors (Lipinski definition) is 2. The number of nitrogen functional groups attached to an aromatic ring is 1. The topological polar surface area (TPSA) is 78.2 Å². The number of aromatic nitrogens is 2. The minimum atomic E-state index is 0.0434. The predicted octanol–water partition coefficient (Wildman–Crippen LogP) is 1.06. The zero-order chi connectivity index (χ0) is 14.0. The summed E-state index contributed by atoms with van der Waals surface area (Å²) < 4.78 is 0. The lowest BCUT2D eigenvalue weighted by Gasteiger charge is -2.21. The van der Waals surface area contributed by atoms with E-state index >= 15 is 0 Å². The molecule has 0 aliphatic heterocycles. The average molecular weight is 261 g/mol. The maximum Gasteiger partial charge on any atom is 0.241 e. The molecule has 2 rings (SSSR count). The normalized spacial score (nSPS) is 10.7. The Morgan fingerprint density at radius 1 is 1.42 bits per heavy atom. The molecule has 1 aromatic heterocycles. The van der Waals surface area contributed by atoms with E-state index in [1.165, 1.54) is 0 Å². The zero-order valence-corrected chi connectivity index (χ0v) is 11.5. The number of rotatable bonds is 4. The highest BCUT2D eigenvalue weighted by molar-refractivity contribution is 5.83. The van der Waals surface area contributed by atoms with Crippen LogP contribution in [0.25, 0.3) is 11.0 Å². The summed E-state index contributed by atoms with van der Waals surface area (Å²) in [5.74, 6) is 0.736. The van der Waals surface area contributed by atoms with E-state index in [1.54, 1.807) is 19.0 Å². The number of imidazole rings is 1. The minimum Gasteiger partial charge on any atom is -0.399 e. The second-order valence-corrected chi connectivity index (χ2v) is 4.64. The number of nitrogens with zero attached hydrogens (tertiary/aromatic N) is 3. The van der Waals surface area contributed by atoms with Crippen molar-refractivity contribution in [2.45, 2.75) is 6.92 Å². The molecule has 2 aromatic rings. The lowest BCUT2D eigenvalue weighted by molar-refractivity contribution is -0.127. The predicted molar refractivity (Wildman–Crippen MR) is 77.1 cm³/mol. The number of anilines is 2. The number of nitrogens with one attached hydrogen (secondary N) is 1. The van der Waals surface area contributed by atoms with Crippen molar-refractivity contribution in [2.75, 3.05) is 37.8 Å². The molecule has 0 spiro atoms. The van der Waals surface area contributed by atoms with Gasteiger partial charge in [0.1, 0.15) is 0 Å². The first-order valence-corrected chi connectivity index (χ1v) is 6.21. The van der Waals surface area contributed by atoms with Crippen LogP contribution in [0.5, 0.6) is 0 Å². The Balaban J connectivity index is 2.28. The summed E-state index contributed by atoms with van der Waals surface area (Å²) in [5.41, 5.74) is 8.16. The van der Waals surface area contributed by atoms with Crippen LogP contribution in [0.3, 0.4) is 0 Å². The van der Waals surface area contributed by atoms with Gasteiger partial charge in [-0.1, -0.05) is 0 Å². The highest BCUT2D eigenvalue weighted by Gasteiger charge is 2.14. The second-order valence-electron chi connectivity index (χ2n) is 4.64. The number of amides is 1. The first kappa shape index (κ1) is 13.2. The molecule has 0 bridgehead atoms. The number of likely N-dealkylation sites (N-methyl/N-ethyl adjacent to an activating group) is 2. The third-order valence-electron chi connectivity index (χ3n) is 3.00. The number of H-pyrrole nitrogens is 1. The Kier molecular flexibility index (Phi) is 3.59. The van der Waals surface area contributed by atoms with Crippen LogP contribution >= 0.6 is 0 Å². The van der Waals surface area contributed by atoms with Crippen molar-refractivity contribution in [2.24, 2.45) is 0 Å². The molecule has 0 radical (unpaired) electrons. The van der Waals surface area contributed by atoms with Gasteiger partial charge in [-0.05, 0) is 25.1 Å². The minimum absolute atomic E-state index is 0.0434. The molecule has 1 heterocycles. The van der Waals surface area contributed by atoms with Crippen LogP contribution in [-0.4, -0.2) is 48.0 Å². The van der Waals surface area contributed by atoms with Crippen LogP contribution in [0.2, 0.25) is 0 Å². The van der Waals surface area contributed by atoms with Gasteiger partial charge in [-0.2, -0.15) is 0 Å². The number of aromatic amines is 1. The Labute approximate surface area is 112 Å². The van der Waals surface area contributed by atoms with Gasteiger partial charge in [0.05, 0.1) is 17.6 Å². The fourth-order valence-electron chi connectivity index (χ4n) is 1.80. The standard InChI is InChI=1S/C13H19N5O/c1-4-18(8-12(19)17(2)3)13-15-10-6-5-9(14)7-11(10)16-13/h5-7H,4,8,14H2,1-3H3,(H,15,16). The molecule has 0 unspecified atom stereocenters. The summed E-state index contributed by atoms with van der Waals surface area (Å²) >= 11 is 0. The van der Waals surface area contributed by atoms with Crippen LogP contribution in [-0.2, 0) is 4.79 Å². The molecule has 0 saturated carbocycles. The lowest BCUT2D eigenvalue weighted by atomic mass is 10.3. The van der Waals surface area contributed by atoms with Crippen LogP contribution in [0.4, 0.5) is 11.6 Å². The summed E-state index contributed by atoms with van der Waals surface area (Å²) in [5, 5.41) is 0. The molecule has 3 N–H and O–H groups in total. The number of carbonyl (C=O) groups is 1. The van der Waals surface area contributed by atoms with Crippen molar-refractivity contribution in [3.63, 3.8) is 0 Å². The summed E-state index contributed by atoms with van der Waals surface area (Å²) in [7, 11) is 3.49. The Hall–Kier alpha value is -2.24. The average Bonchev–Trinajstić information content (AvgIpc) is 2.77. The first-order chi connectivity index (χ1) is 9.01. The quantitative estimate of drug-likeness (QED) is 0.807. The van der Waals surface area contributed by atoms with E-state index in [2.05, 4.69) is 9.97 Å². The maximum atomic E-state index is 11.8. The highest BCUT2D eigenvalue weighted by atomic mass is 16.2. The van der Waals surface area contributed by atoms with Gasteiger partial charge in [0, 0.05) is 26.3 Å². The van der Waals surface area contributed by atoms with Crippen molar-refractivity contribution >= 4 is 28.6 Å². The van der Waals surface area contributed by atoms with Crippen LogP contribution in [0.15, 0.2) is 18.2 Å². The van der Waals surface area contributed by atoms with Crippen molar-refractivity contribution in [1.82, 2.24) is 14.9 Å². The molecule has 0 saturated heterocycles. The van der Waals surface area contributed by atoms with Crippen molar-refractivity contribution in [3.8, 4) is 0 Å². The van der Waals surface area contributed by atoms with E-state index in [1.807, 2.05) is 30.0 Å². The summed E-state index contributed by atoms with van der Waals surface area (Å²) in [6.45, 7) is 3.00. The summed E-state index contributed by atoms with van der Waals surface area (Å²) in [4.78, 5) is 22.9. The molecule has 1 aromatic carbocycles. The molecule has 0 fully saturated rings. The van der Waals surface area contributed by atoms with E-state index in [0.717, 1.165) is 11.0 Å². The van der Waals surface area contributed by atoms with Gasteiger partial charge < -0.3 is 20.5 Å². The van der Waals surface area contributed by atoms with E-state index in [-0.39, 0.29) is 5.91 Å². The van der Waals surface area contributed by atoms with E-state index in [0.29, 0.717) is 24.7 Å². The molecule has 0 atom stereocenters. The molecular weight excluding hydrogens is 242 g/mol. The van der Waals surface area contributed by atoms with Crippen LogP contribution in [0.1, 0.15) is 6.92 Å². The number of nitrogens with two attached hydrogens (primary N) is 1. The fourth-order valence-corrected chi connectivity index (χ4v) is 1.80. The largest absolute Gasteiger partial charge is 0.399 e. The monoisotopic (exact) mass is 261 g/mol. The van der Waals surface area contributed by atoms with Gasteiger partial charge in [-0.15, -0.1) is 0 Å². The Morgan fingerprint density at radius 3 is 2.79 bits per heavy atom. The Bertz CT molecular complexity index is 590. The summed E-state index contributed by atoms with van der Waals surface area (Å²) in [6.07, 6.45) is 0. The molecule has 6 nitrogen and oxygen atoms in total. The van der Waals surface area contributed by atoms with Crippen molar-refractivity contribution in [1.29, 1.82) is 0 Å². The maximum absolute atomic E-state index is 11.8. The van der Waals surface area contributed by atoms with Gasteiger partial charge >= 0.3 is 0 Å². The first-order valence-electron chi connectivity index (χ1n) is 6.21. The fraction of sp³-hybridized carbons (Fsp3) is 0.385. The van der Waals surface area contributed by atoms with Gasteiger partial charge in [0.2, 0.25) is 11.9 Å². The molecule has 0 aliphatic carbocycles. The van der Waals surface area contributed by atoms with Crippen LogP contribution < -0.4 is 10.6 Å². The third-order valence-corrected chi connectivity index (χ3v) is 3.00. The van der Waals surface area contributed by atoms with Crippen molar-refractivity contribution in [3.05, 3.63) is 18.2 Å². The smallest absolute Gasteiger partial charge is 0.241 e. The molecular formula is C13H19N5O. The van der Waals surface area contributed by atoms with Gasteiger partial charge in [0.15, 0.2) is 0 Å². The van der Waals surface area contributed by atoms with Crippen molar-refractivity contribution < 1.29 is 4.79 Å². The number of benzene rings is 1. The van der Waals surface area contributed by atoms with E-state index in [9.17, 15) is 4.79 Å². The molecule has 1 amide bonds. The summed E-state index contributed by atoms with van der Waals surface area (Å²) in [6, 6.07) is 5.52. The SMILES string of the molecule is CCN(CC(=O)N(C)C)c1nc2ccc(N)cc2[nH]1. The van der Waals surface area contributed by atoms with E-state index in [4.69, 9.17) is 5.73 Å². The molecule has 6 heteroatoms. The molecule has 102 valence electrons. The Morgan fingerprint density at radius 2 is 2.16 bits per heavy atom. The van der Waals surface area contributed by atoms with Gasteiger partial charge in [-0.25, -0.2) is 4.98 Å². The number of hydrogen-bond acceptors (Lipinski definition) is 4. The van der Waals surface area contributed by atoms with Gasteiger partial charge in [-0.3, -0.25) is 4.79 Å².